The molecule has 3 aromatic carbocycles. The van der Waals surface area contributed by atoms with E-state index in [-0.39, 0.29) is 11.4 Å². The van der Waals surface area contributed by atoms with Crippen LogP contribution in [0.1, 0.15) is 15.9 Å². The van der Waals surface area contributed by atoms with E-state index in [1.807, 2.05) is 48.5 Å². The Morgan fingerprint density at radius 1 is 0.963 bits per heavy atom. The van der Waals surface area contributed by atoms with Crippen LogP contribution in [0.2, 0.25) is 5.02 Å². The van der Waals surface area contributed by atoms with E-state index in [1.165, 1.54) is 0 Å². The molecule has 0 radical (unpaired) electrons. The zero-order valence-electron chi connectivity index (χ0n) is 14.3. The molecule has 0 amide bonds. The standard InChI is InChI=1S/C22H17ClN2O2/c23-19-9-11-20(12-10-19)25-21(24)13-6-15-4-7-16(8-5-15)17-2-1-3-18(14-17)22(26)27/h1-14H,(H2,24,25)(H,26,27)/b13-6+. The summed E-state index contributed by atoms with van der Waals surface area (Å²) < 4.78 is 0. The molecule has 0 spiro atoms. The molecule has 4 nitrogen and oxygen atoms in total. The van der Waals surface area contributed by atoms with Crippen LogP contribution < -0.4 is 5.32 Å². The van der Waals surface area contributed by atoms with Crippen LogP contribution in [0.15, 0.2) is 78.9 Å². The van der Waals surface area contributed by atoms with Crippen molar-refractivity contribution < 1.29 is 9.90 Å². The Morgan fingerprint density at radius 3 is 2.33 bits per heavy atom. The molecule has 0 atom stereocenters. The molecule has 27 heavy (non-hydrogen) atoms. The van der Waals surface area contributed by atoms with Crippen molar-refractivity contribution in [2.24, 2.45) is 0 Å². The number of carboxylic acids is 1. The molecule has 3 rings (SSSR count). The Kier molecular flexibility index (Phi) is 5.69. The van der Waals surface area contributed by atoms with Crippen molar-refractivity contribution in [2.45, 2.75) is 0 Å². The van der Waals surface area contributed by atoms with Gasteiger partial charge in [0.15, 0.2) is 0 Å². The highest BCUT2D eigenvalue weighted by Gasteiger charge is 2.04. The SMILES string of the molecule is N=C(/C=C/c1ccc(-c2cccc(C(=O)O)c2)cc1)Nc1ccc(Cl)cc1. The van der Waals surface area contributed by atoms with Gasteiger partial charge in [0.1, 0.15) is 5.84 Å². The lowest BCUT2D eigenvalue weighted by Crippen LogP contribution is -2.06. The number of hydrogen-bond acceptors (Lipinski definition) is 2. The fourth-order valence-corrected chi connectivity index (χ4v) is 2.65. The molecule has 0 unspecified atom stereocenters. The summed E-state index contributed by atoms with van der Waals surface area (Å²) >= 11 is 5.85. The molecular formula is C22H17ClN2O2. The second-order valence-electron chi connectivity index (χ2n) is 5.89. The van der Waals surface area contributed by atoms with E-state index in [1.54, 1.807) is 36.4 Å². The van der Waals surface area contributed by atoms with Crippen molar-refractivity contribution in [1.29, 1.82) is 5.41 Å². The van der Waals surface area contributed by atoms with E-state index in [2.05, 4.69) is 5.32 Å². The van der Waals surface area contributed by atoms with Gasteiger partial charge in [-0.2, -0.15) is 0 Å². The monoisotopic (exact) mass is 376 g/mol. The number of anilines is 1. The van der Waals surface area contributed by atoms with Gasteiger partial charge in [-0.3, -0.25) is 5.41 Å². The van der Waals surface area contributed by atoms with Gasteiger partial charge in [-0.05, 0) is 59.2 Å². The first-order valence-electron chi connectivity index (χ1n) is 8.24. The topological polar surface area (TPSA) is 73.2 Å². The fourth-order valence-electron chi connectivity index (χ4n) is 2.53. The maximum Gasteiger partial charge on any atom is 0.335 e. The number of rotatable bonds is 5. The fraction of sp³-hybridized carbons (Fsp3) is 0. The van der Waals surface area contributed by atoms with Crippen molar-refractivity contribution in [1.82, 2.24) is 0 Å². The van der Waals surface area contributed by atoms with E-state index in [9.17, 15) is 4.79 Å². The third kappa shape index (κ3) is 5.06. The van der Waals surface area contributed by atoms with Crippen molar-refractivity contribution in [3.63, 3.8) is 0 Å². The van der Waals surface area contributed by atoms with Crippen LogP contribution in [0.25, 0.3) is 17.2 Å². The molecule has 0 aliphatic rings. The summed E-state index contributed by atoms with van der Waals surface area (Å²) in [5, 5.41) is 20.7. The van der Waals surface area contributed by atoms with E-state index >= 15 is 0 Å². The van der Waals surface area contributed by atoms with Gasteiger partial charge in [0.05, 0.1) is 5.56 Å². The zero-order chi connectivity index (χ0) is 19.2. The molecule has 0 aromatic heterocycles. The summed E-state index contributed by atoms with van der Waals surface area (Å²) in [5.74, 6) is -0.682. The van der Waals surface area contributed by atoms with Gasteiger partial charge in [-0.1, -0.05) is 54.1 Å². The van der Waals surface area contributed by atoms with Gasteiger partial charge in [0, 0.05) is 10.7 Å². The lowest BCUT2D eigenvalue weighted by Gasteiger charge is -2.05. The van der Waals surface area contributed by atoms with Crippen molar-refractivity contribution in [2.75, 3.05) is 5.32 Å². The van der Waals surface area contributed by atoms with Crippen molar-refractivity contribution in [3.8, 4) is 11.1 Å². The lowest BCUT2D eigenvalue weighted by molar-refractivity contribution is 0.0697. The molecule has 3 N–H and O–H groups in total. The minimum Gasteiger partial charge on any atom is -0.478 e. The first-order valence-corrected chi connectivity index (χ1v) is 8.62. The predicted molar refractivity (Wildman–Crippen MR) is 111 cm³/mol. The second kappa shape index (κ2) is 8.34. The minimum atomic E-state index is -0.942. The molecular weight excluding hydrogens is 360 g/mol. The summed E-state index contributed by atoms with van der Waals surface area (Å²) in [6.45, 7) is 0. The third-order valence-corrected chi connectivity index (χ3v) is 4.17. The number of halogens is 1. The maximum absolute atomic E-state index is 11.1. The van der Waals surface area contributed by atoms with E-state index in [0.717, 1.165) is 22.4 Å². The summed E-state index contributed by atoms with van der Waals surface area (Å²) in [6.07, 6.45) is 3.51. The first-order chi connectivity index (χ1) is 13.0. The zero-order valence-corrected chi connectivity index (χ0v) is 15.1. The summed E-state index contributed by atoms with van der Waals surface area (Å²) in [6, 6.07) is 21.7. The Balaban J connectivity index is 1.67. The quantitative estimate of drug-likeness (QED) is 0.388. The maximum atomic E-state index is 11.1. The number of amidine groups is 1. The number of carboxylic acid groups (broad SMARTS) is 1. The van der Waals surface area contributed by atoms with E-state index in [0.29, 0.717) is 5.02 Å². The highest BCUT2D eigenvalue weighted by molar-refractivity contribution is 6.30. The molecule has 134 valence electrons. The summed E-state index contributed by atoms with van der Waals surface area (Å²) in [4.78, 5) is 11.1. The average molecular weight is 377 g/mol. The average Bonchev–Trinajstić information content (AvgIpc) is 2.69. The summed E-state index contributed by atoms with van der Waals surface area (Å²) in [5.41, 5.74) is 3.78. The molecule has 0 saturated heterocycles. The number of carbonyl (C=O) groups is 1. The van der Waals surface area contributed by atoms with Gasteiger partial charge in [-0.25, -0.2) is 4.79 Å². The van der Waals surface area contributed by atoms with Gasteiger partial charge < -0.3 is 10.4 Å². The normalized spacial score (nSPS) is 10.7. The highest BCUT2D eigenvalue weighted by atomic mass is 35.5. The molecule has 0 saturated carbocycles. The number of hydrogen-bond donors (Lipinski definition) is 3. The molecule has 5 heteroatoms. The van der Waals surface area contributed by atoms with Gasteiger partial charge in [-0.15, -0.1) is 0 Å². The molecule has 0 aliphatic heterocycles. The Morgan fingerprint density at radius 2 is 1.67 bits per heavy atom. The Hall–Kier alpha value is -3.37. The highest BCUT2D eigenvalue weighted by Crippen LogP contribution is 2.21. The van der Waals surface area contributed by atoms with Crippen LogP contribution in [0.5, 0.6) is 0 Å². The van der Waals surface area contributed by atoms with Crippen molar-refractivity contribution >= 4 is 35.2 Å². The van der Waals surface area contributed by atoms with Gasteiger partial charge in [0.25, 0.3) is 0 Å². The van der Waals surface area contributed by atoms with Crippen LogP contribution in [0, 0.1) is 5.41 Å². The second-order valence-corrected chi connectivity index (χ2v) is 6.32. The largest absolute Gasteiger partial charge is 0.478 e. The smallest absolute Gasteiger partial charge is 0.335 e. The van der Waals surface area contributed by atoms with Crippen LogP contribution >= 0.6 is 11.6 Å². The third-order valence-electron chi connectivity index (χ3n) is 3.92. The number of benzene rings is 3. The first kappa shape index (κ1) is 18.4. The summed E-state index contributed by atoms with van der Waals surface area (Å²) in [7, 11) is 0. The molecule has 0 heterocycles. The van der Waals surface area contributed by atoms with Crippen molar-refractivity contribution in [3.05, 3.63) is 95.0 Å². The molecule has 0 fully saturated rings. The van der Waals surface area contributed by atoms with Gasteiger partial charge in [0.2, 0.25) is 0 Å². The molecule has 0 bridgehead atoms. The lowest BCUT2D eigenvalue weighted by atomic mass is 10.0. The van der Waals surface area contributed by atoms with Crippen LogP contribution in [-0.2, 0) is 0 Å². The Labute approximate surface area is 162 Å². The molecule has 3 aromatic rings. The Bertz CT molecular complexity index is 994. The predicted octanol–water partition coefficient (Wildman–Crippen LogP) is 5.81. The van der Waals surface area contributed by atoms with Crippen LogP contribution in [0.3, 0.4) is 0 Å². The number of nitrogens with one attached hydrogen (secondary N) is 2. The van der Waals surface area contributed by atoms with Gasteiger partial charge >= 0.3 is 5.97 Å². The van der Waals surface area contributed by atoms with Crippen LogP contribution in [0.4, 0.5) is 5.69 Å². The minimum absolute atomic E-state index is 0.260. The van der Waals surface area contributed by atoms with Crippen LogP contribution in [-0.4, -0.2) is 16.9 Å². The van der Waals surface area contributed by atoms with E-state index in [4.69, 9.17) is 22.1 Å². The number of aromatic carboxylic acids is 1. The van der Waals surface area contributed by atoms with E-state index < -0.39 is 5.97 Å². The molecule has 0 aliphatic carbocycles.